The molecular formula is C19H25N3. The van der Waals surface area contributed by atoms with Gasteiger partial charge in [-0.2, -0.15) is 0 Å². The van der Waals surface area contributed by atoms with Crippen LogP contribution in [0.5, 0.6) is 0 Å². The first-order chi connectivity index (χ1) is 10.9. The molecule has 1 atom stereocenters. The SMILES string of the molecule is CCCNc1ccc(C2CCCN2Cc2ccccc2)cn1. The van der Waals surface area contributed by atoms with Gasteiger partial charge in [0, 0.05) is 25.3 Å². The molecule has 1 aliphatic heterocycles. The first-order valence-electron chi connectivity index (χ1n) is 8.34. The summed E-state index contributed by atoms with van der Waals surface area (Å²) < 4.78 is 0. The Kier molecular flexibility index (Phi) is 5.07. The van der Waals surface area contributed by atoms with Crippen molar-refractivity contribution in [2.75, 3.05) is 18.4 Å². The molecule has 3 nitrogen and oxygen atoms in total. The van der Waals surface area contributed by atoms with Crippen LogP contribution in [0.25, 0.3) is 0 Å². The Morgan fingerprint density at radius 1 is 1.18 bits per heavy atom. The first kappa shape index (κ1) is 15.0. The third-order valence-corrected chi connectivity index (χ3v) is 4.32. The number of benzene rings is 1. The lowest BCUT2D eigenvalue weighted by molar-refractivity contribution is 0.248. The number of hydrogen-bond acceptors (Lipinski definition) is 3. The molecule has 1 aromatic carbocycles. The molecule has 116 valence electrons. The van der Waals surface area contributed by atoms with Crippen LogP contribution in [0.3, 0.4) is 0 Å². The van der Waals surface area contributed by atoms with Gasteiger partial charge in [0.2, 0.25) is 0 Å². The fourth-order valence-electron chi connectivity index (χ4n) is 3.17. The third-order valence-electron chi connectivity index (χ3n) is 4.32. The number of likely N-dealkylation sites (tertiary alicyclic amines) is 1. The molecule has 3 rings (SSSR count). The minimum Gasteiger partial charge on any atom is -0.370 e. The largest absolute Gasteiger partial charge is 0.370 e. The Morgan fingerprint density at radius 3 is 2.77 bits per heavy atom. The topological polar surface area (TPSA) is 28.2 Å². The Hall–Kier alpha value is -1.87. The number of nitrogens with zero attached hydrogens (tertiary/aromatic N) is 2. The molecule has 3 heteroatoms. The predicted molar refractivity (Wildman–Crippen MR) is 91.8 cm³/mol. The van der Waals surface area contributed by atoms with Crippen molar-refractivity contribution in [3.63, 3.8) is 0 Å². The summed E-state index contributed by atoms with van der Waals surface area (Å²) in [7, 11) is 0. The molecule has 1 aromatic heterocycles. The summed E-state index contributed by atoms with van der Waals surface area (Å²) in [5.74, 6) is 0.984. The second-order valence-corrected chi connectivity index (χ2v) is 6.02. The fourth-order valence-corrected chi connectivity index (χ4v) is 3.17. The van der Waals surface area contributed by atoms with E-state index in [4.69, 9.17) is 0 Å². The lowest BCUT2D eigenvalue weighted by atomic mass is 10.1. The first-order valence-corrected chi connectivity index (χ1v) is 8.34. The number of nitrogens with one attached hydrogen (secondary N) is 1. The second-order valence-electron chi connectivity index (χ2n) is 6.02. The lowest BCUT2D eigenvalue weighted by Crippen LogP contribution is -2.22. The summed E-state index contributed by atoms with van der Waals surface area (Å²) in [6, 6.07) is 15.6. The van der Waals surface area contributed by atoms with Gasteiger partial charge in [-0.05, 0) is 43.0 Å². The summed E-state index contributed by atoms with van der Waals surface area (Å²) in [6.07, 6.45) is 5.67. The highest BCUT2D eigenvalue weighted by molar-refractivity contribution is 5.36. The zero-order chi connectivity index (χ0) is 15.2. The molecular weight excluding hydrogens is 270 g/mol. The van der Waals surface area contributed by atoms with E-state index in [2.05, 4.69) is 64.6 Å². The Morgan fingerprint density at radius 2 is 2.05 bits per heavy atom. The van der Waals surface area contributed by atoms with Crippen molar-refractivity contribution in [1.29, 1.82) is 0 Å². The van der Waals surface area contributed by atoms with Crippen molar-refractivity contribution >= 4 is 5.82 Å². The molecule has 0 spiro atoms. The summed E-state index contributed by atoms with van der Waals surface area (Å²) in [5.41, 5.74) is 2.74. The van der Waals surface area contributed by atoms with Crippen LogP contribution in [0.15, 0.2) is 48.7 Å². The predicted octanol–water partition coefficient (Wildman–Crippen LogP) is 4.24. The minimum atomic E-state index is 0.507. The van der Waals surface area contributed by atoms with E-state index < -0.39 is 0 Å². The Bertz CT molecular complexity index is 565. The van der Waals surface area contributed by atoms with Gasteiger partial charge in [0.15, 0.2) is 0 Å². The maximum atomic E-state index is 4.56. The average Bonchev–Trinajstić information content (AvgIpc) is 3.02. The van der Waals surface area contributed by atoms with Crippen molar-refractivity contribution < 1.29 is 0 Å². The monoisotopic (exact) mass is 295 g/mol. The van der Waals surface area contributed by atoms with E-state index in [9.17, 15) is 0 Å². The summed E-state index contributed by atoms with van der Waals surface area (Å²) in [6.45, 7) is 5.36. The Labute approximate surface area is 133 Å². The van der Waals surface area contributed by atoms with Crippen LogP contribution >= 0.6 is 0 Å². The number of hydrogen-bond donors (Lipinski definition) is 1. The van der Waals surface area contributed by atoms with E-state index in [0.29, 0.717) is 6.04 Å². The van der Waals surface area contributed by atoms with E-state index in [0.717, 1.165) is 25.3 Å². The van der Waals surface area contributed by atoms with E-state index in [-0.39, 0.29) is 0 Å². The minimum absolute atomic E-state index is 0.507. The summed E-state index contributed by atoms with van der Waals surface area (Å²) in [4.78, 5) is 7.14. The standard InChI is InChI=1S/C19H25N3/c1-2-12-20-19-11-10-17(14-21-19)18-9-6-13-22(18)15-16-7-4-3-5-8-16/h3-5,7-8,10-11,14,18H,2,6,9,12-13,15H2,1H3,(H,20,21). The summed E-state index contributed by atoms with van der Waals surface area (Å²) >= 11 is 0. The summed E-state index contributed by atoms with van der Waals surface area (Å²) in [5, 5.41) is 3.34. The smallest absolute Gasteiger partial charge is 0.125 e. The molecule has 0 amide bonds. The van der Waals surface area contributed by atoms with Crippen LogP contribution in [0.2, 0.25) is 0 Å². The molecule has 1 aliphatic rings. The number of pyridine rings is 1. The zero-order valence-corrected chi connectivity index (χ0v) is 13.3. The Balaban J connectivity index is 1.67. The molecule has 2 aromatic rings. The second kappa shape index (κ2) is 7.41. The molecule has 1 fully saturated rings. The van der Waals surface area contributed by atoms with E-state index in [1.165, 1.54) is 30.5 Å². The van der Waals surface area contributed by atoms with Gasteiger partial charge in [0.1, 0.15) is 5.82 Å². The normalized spacial score (nSPS) is 18.5. The van der Waals surface area contributed by atoms with E-state index in [1.54, 1.807) is 0 Å². The van der Waals surface area contributed by atoms with E-state index >= 15 is 0 Å². The molecule has 22 heavy (non-hydrogen) atoms. The highest BCUT2D eigenvalue weighted by Crippen LogP contribution is 2.33. The van der Waals surface area contributed by atoms with Gasteiger partial charge in [-0.3, -0.25) is 4.90 Å². The van der Waals surface area contributed by atoms with Gasteiger partial charge in [0.25, 0.3) is 0 Å². The fraction of sp³-hybridized carbons (Fsp3) is 0.421. The average molecular weight is 295 g/mol. The van der Waals surface area contributed by atoms with Crippen molar-refractivity contribution in [3.05, 3.63) is 59.8 Å². The number of anilines is 1. The lowest BCUT2D eigenvalue weighted by Gasteiger charge is -2.24. The zero-order valence-electron chi connectivity index (χ0n) is 13.3. The van der Waals surface area contributed by atoms with Gasteiger partial charge < -0.3 is 5.32 Å². The molecule has 0 saturated carbocycles. The van der Waals surface area contributed by atoms with Crippen molar-refractivity contribution in [2.24, 2.45) is 0 Å². The van der Waals surface area contributed by atoms with Gasteiger partial charge in [0.05, 0.1) is 0 Å². The molecule has 1 saturated heterocycles. The van der Waals surface area contributed by atoms with Gasteiger partial charge in [-0.25, -0.2) is 4.98 Å². The highest BCUT2D eigenvalue weighted by atomic mass is 15.2. The van der Waals surface area contributed by atoms with E-state index in [1.807, 2.05) is 6.20 Å². The highest BCUT2D eigenvalue weighted by Gasteiger charge is 2.26. The van der Waals surface area contributed by atoms with Gasteiger partial charge >= 0.3 is 0 Å². The van der Waals surface area contributed by atoms with Crippen LogP contribution in [0.4, 0.5) is 5.82 Å². The van der Waals surface area contributed by atoms with Crippen LogP contribution in [-0.2, 0) is 6.54 Å². The molecule has 0 bridgehead atoms. The quantitative estimate of drug-likeness (QED) is 0.864. The van der Waals surface area contributed by atoms with Crippen LogP contribution in [0.1, 0.15) is 43.4 Å². The van der Waals surface area contributed by atoms with Gasteiger partial charge in [-0.1, -0.05) is 43.3 Å². The molecule has 1 unspecified atom stereocenters. The molecule has 0 aliphatic carbocycles. The maximum absolute atomic E-state index is 4.56. The molecule has 1 N–H and O–H groups in total. The van der Waals surface area contributed by atoms with Gasteiger partial charge in [-0.15, -0.1) is 0 Å². The van der Waals surface area contributed by atoms with Crippen LogP contribution in [0, 0.1) is 0 Å². The maximum Gasteiger partial charge on any atom is 0.125 e. The molecule has 2 heterocycles. The number of rotatable bonds is 6. The van der Waals surface area contributed by atoms with Crippen molar-refractivity contribution in [3.8, 4) is 0 Å². The van der Waals surface area contributed by atoms with Crippen molar-refractivity contribution in [1.82, 2.24) is 9.88 Å². The number of aromatic nitrogens is 1. The third kappa shape index (κ3) is 3.66. The van der Waals surface area contributed by atoms with Crippen LogP contribution < -0.4 is 5.32 Å². The van der Waals surface area contributed by atoms with Crippen molar-refractivity contribution in [2.45, 2.75) is 38.8 Å². The molecule has 0 radical (unpaired) electrons. The van der Waals surface area contributed by atoms with Crippen LogP contribution in [-0.4, -0.2) is 23.0 Å².